The Balaban J connectivity index is 2.28. The normalized spacial score (nSPS) is 14.6. The van der Waals surface area contributed by atoms with Gasteiger partial charge in [0.05, 0.1) is 11.3 Å². The van der Waals surface area contributed by atoms with Crippen molar-refractivity contribution in [1.29, 1.82) is 0 Å². The molecule has 0 saturated heterocycles. The Morgan fingerprint density at radius 2 is 2.00 bits per heavy atom. The lowest BCUT2D eigenvalue weighted by molar-refractivity contribution is 0.0518. The summed E-state index contributed by atoms with van der Waals surface area (Å²) in [6, 6.07) is 5.78. The highest BCUT2D eigenvalue weighted by atomic mass is 19.2. The molecule has 0 bridgehead atoms. The zero-order chi connectivity index (χ0) is 14.9. The van der Waals surface area contributed by atoms with E-state index in [0.29, 0.717) is 5.69 Å². The molecule has 0 spiro atoms. The molecular formula is C15H18F2N2O. The molecule has 1 aromatic heterocycles. The molecule has 1 unspecified atom stereocenters. The zero-order valence-corrected chi connectivity index (χ0v) is 11.8. The first kappa shape index (κ1) is 14.7. The molecule has 1 aromatic carbocycles. The first-order valence-corrected chi connectivity index (χ1v) is 6.52. The quantitative estimate of drug-likeness (QED) is 0.934. The highest BCUT2D eigenvalue weighted by Crippen LogP contribution is 2.28. The van der Waals surface area contributed by atoms with Crippen molar-refractivity contribution in [3.63, 3.8) is 0 Å². The molecule has 0 saturated carbocycles. The Morgan fingerprint density at radius 3 is 2.60 bits per heavy atom. The van der Waals surface area contributed by atoms with E-state index in [1.807, 2.05) is 13.8 Å². The van der Waals surface area contributed by atoms with E-state index in [2.05, 4.69) is 5.10 Å². The molecule has 0 aliphatic carbocycles. The maximum absolute atomic E-state index is 13.8. The Bertz CT molecular complexity index is 606. The average molecular weight is 280 g/mol. The van der Waals surface area contributed by atoms with E-state index in [4.69, 9.17) is 0 Å². The predicted molar refractivity (Wildman–Crippen MR) is 72.2 cm³/mol. The molecular weight excluding hydrogens is 262 g/mol. The summed E-state index contributed by atoms with van der Waals surface area (Å²) < 4.78 is 28.8. The monoisotopic (exact) mass is 280 g/mol. The van der Waals surface area contributed by atoms with E-state index in [0.717, 1.165) is 6.07 Å². The minimum atomic E-state index is -1.51. The maximum atomic E-state index is 13.8. The largest absolute Gasteiger partial charge is 0.385 e. The fraction of sp³-hybridized carbons (Fsp3) is 0.400. The second-order valence-corrected chi connectivity index (χ2v) is 5.43. The number of rotatable bonds is 4. The second kappa shape index (κ2) is 5.32. The lowest BCUT2D eigenvalue weighted by Crippen LogP contribution is -2.26. The summed E-state index contributed by atoms with van der Waals surface area (Å²) in [5.74, 6) is -1.98. The van der Waals surface area contributed by atoms with Crippen LogP contribution in [0.25, 0.3) is 0 Å². The van der Waals surface area contributed by atoms with E-state index in [1.54, 1.807) is 16.9 Å². The minimum Gasteiger partial charge on any atom is -0.385 e. The van der Waals surface area contributed by atoms with Crippen molar-refractivity contribution >= 4 is 0 Å². The Labute approximate surface area is 116 Å². The third-order valence-corrected chi connectivity index (χ3v) is 3.25. The molecule has 1 heterocycles. The third kappa shape index (κ3) is 2.88. The zero-order valence-electron chi connectivity index (χ0n) is 11.8. The van der Waals surface area contributed by atoms with Crippen molar-refractivity contribution in [2.45, 2.75) is 38.8 Å². The van der Waals surface area contributed by atoms with Gasteiger partial charge in [-0.3, -0.25) is 4.68 Å². The van der Waals surface area contributed by atoms with Gasteiger partial charge in [0.2, 0.25) is 0 Å². The summed E-state index contributed by atoms with van der Waals surface area (Å²) in [5, 5.41) is 14.7. The van der Waals surface area contributed by atoms with Gasteiger partial charge in [-0.25, -0.2) is 8.78 Å². The third-order valence-electron chi connectivity index (χ3n) is 3.25. The van der Waals surface area contributed by atoms with Crippen LogP contribution in [0, 0.1) is 11.6 Å². The number of benzene rings is 1. The van der Waals surface area contributed by atoms with Gasteiger partial charge in [-0.05, 0) is 32.9 Å². The minimum absolute atomic E-state index is 0.0587. The summed E-state index contributed by atoms with van der Waals surface area (Å²) >= 11 is 0. The lowest BCUT2D eigenvalue weighted by atomic mass is 9.90. The van der Waals surface area contributed by atoms with Gasteiger partial charge in [0.1, 0.15) is 0 Å². The molecule has 0 fully saturated rings. The Morgan fingerprint density at radius 1 is 1.30 bits per heavy atom. The van der Waals surface area contributed by atoms with Crippen LogP contribution < -0.4 is 0 Å². The lowest BCUT2D eigenvalue weighted by Gasteiger charge is -2.23. The van der Waals surface area contributed by atoms with Crippen LogP contribution in [-0.4, -0.2) is 14.9 Å². The molecule has 1 atom stereocenters. The summed E-state index contributed by atoms with van der Waals surface area (Å²) in [6.07, 6.45) is 1.92. The van der Waals surface area contributed by atoms with E-state index in [9.17, 15) is 13.9 Å². The van der Waals surface area contributed by atoms with Gasteiger partial charge in [-0.1, -0.05) is 12.1 Å². The van der Waals surface area contributed by atoms with Crippen molar-refractivity contribution < 1.29 is 13.9 Å². The topological polar surface area (TPSA) is 38.0 Å². The first-order chi connectivity index (χ1) is 9.31. The van der Waals surface area contributed by atoms with E-state index in [-0.39, 0.29) is 18.0 Å². The molecule has 0 radical (unpaired) electrons. The molecule has 3 nitrogen and oxygen atoms in total. The van der Waals surface area contributed by atoms with Gasteiger partial charge in [0.15, 0.2) is 11.6 Å². The summed E-state index contributed by atoms with van der Waals surface area (Å²) in [5.41, 5.74) is -0.938. The number of aliphatic hydroxyl groups is 1. The summed E-state index contributed by atoms with van der Waals surface area (Å²) in [7, 11) is 0. The first-order valence-electron chi connectivity index (χ1n) is 6.52. The van der Waals surface area contributed by atoms with Crippen molar-refractivity contribution in [3.8, 4) is 0 Å². The molecule has 0 aliphatic rings. The number of hydrogen-bond donors (Lipinski definition) is 1. The fourth-order valence-corrected chi connectivity index (χ4v) is 2.13. The van der Waals surface area contributed by atoms with Crippen molar-refractivity contribution in [3.05, 3.63) is 53.4 Å². The Kier molecular flexibility index (Phi) is 3.90. The van der Waals surface area contributed by atoms with E-state index >= 15 is 0 Å². The van der Waals surface area contributed by atoms with Crippen LogP contribution in [0.1, 0.15) is 38.1 Å². The number of halogens is 2. The van der Waals surface area contributed by atoms with Crippen LogP contribution in [-0.2, 0) is 12.0 Å². The smallest absolute Gasteiger partial charge is 0.164 e. The molecule has 5 heteroatoms. The van der Waals surface area contributed by atoms with Crippen LogP contribution >= 0.6 is 0 Å². The van der Waals surface area contributed by atoms with Crippen LogP contribution in [0.15, 0.2) is 30.5 Å². The molecule has 108 valence electrons. The number of hydrogen-bond acceptors (Lipinski definition) is 2. The molecule has 20 heavy (non-hydrogen) atoms. The second-order valence-electron chi connectivity index (χ2n) is 5.43. The predicted octanol–water partition coefficient (Wildman–Crippen LogP) is 3.19. The molecule has 0 aliphatic heterocycles. The highest BCUT2D eigenvalue weighted by molar-refractivity contribution is 5.26. The SMILES string of the molecule is CC(C)n1ccc(CC(C)(O)c2cccc(F)c2F)n1. The molecule has 0 amide bonds. The van der Waals surface area contributed by atoms with Gasteiger partial charge in [-0.2, -0.15) is 5.10 Å². The van der Waals surface area contributed by atoms with Crippen LogP contribution in [0.4, 0.5) is 8.78 Å². The van der Waals surface area contributed by atoms with Gasteiger partial charge < -0.3 is 5.11 Å². The standard InChI is InChI=1S/C15H18F2N2O/c1-10(2)19-8-7-11(18-19)9-15(3,20)12-5-4-6-13(16)14(12)17/h4-8,10,20H,9H2,1-3H3. The van der Waals surface area contributed by atoms with Gasteiger partial charge in [0.25, 0.3) is 0 Å². The number of aromatic nitrogens is 2. The van der Waals surface area contributed by atoms with Crippen LogP contribution in [0.3, 0.4) is 0 Å². The van der Waals surface area contributed by atoms with Gasteiger partial charge in [0, 0.05) is 24.2 Å². The fourth-order valence-electron chi connectivity index (χ4n) is 2.13. The molecule has 2 rings (SSSR count). The Hall–Kier alpha value is -1.75. The van der Waals surface area contributed by atoms with Crippen LogP contribution in [0.5, 0.6) is 0 Å². The highest BCUT2D eigenvalue weighted by Gasteiger charge is 2.29. The van der Waals surface area contributed by atoms with Crippen molar-refractivity contribution in [2.24, 2.45) is 0 Å². The van der Waals surface area contributed by atoms with Gasteiger partial charge in [-0.15, -0.1) is 0 Å². The summed E-state index contributed by atoms with van der Waals surface area (Å²) in [6.45, 7) is 5.43. The van der Waals surface area contributed by atoms with E-state index in [1.165, 1.54) is 19.1 Å². The van der Waals surface area contributed by atoms with Gasteiger partial charge >= 0.3 is 0 Å². The summed E-state index contributed by atoms with van der Waals surface area (Å²) in [4.78, 5) is 0. The molecule has 1 N–H and O–H groups in total. The molecule has 2 aromatic rings. The van der Waals surface area contributed by atoms with Crippen LogP contribution in [0.2, 0.25) is 0 Å². The maximum Gasteiger partial charge on any atom is 0.164 e. The van der Waals surface area contributed by atoms with Crippen molar-refractivity contribution in [1.82, 2.24) is 9.78 Å². The van der Waals surface area contributed by atoms with Crippen molar-refractivity contribution in [2.75, 3.05) is 0 Å². The average Bonchev–Trinajstić information content (AvgIpc) is 2.80. The number of nitrogens with zero attached hydrogens (tertiary/aromatic N) is 2. The van der Waals surface area contributed by atoms with E-state index < -0.39 is 17.2 Å².